The molecule has 0 amide bonds. The van der Waals surface area contributed by atoms with Crippen molar-refractivity contribution in [2.75, 3.05) is 0 Å². The van der Waals surface area contributed by atoms with Crippen molar-refractivity contribution in [2.24, 2.45) is 5.41 Å². The molecule has 0 atom stereocenters. The van der Waals surface area contributed by atoms with Crippen LogP contribution >= 0.6 is 0 Å². The summed E-state index contributed by atoms with van der Waals surface area (Å²) in [7, 11) is 0.880. The van der Waals surface area contributed by atoms with Gasteiger partial charge in [0.15, 0.2) is 0 Å². The molecule has 0 heterocycles. The largest absolute Gasteiger partial charge is 0.116 e. The average molecular weight is 200 g/mol. The van der Waals surface area contributed by atoms with Crippen molar-refractivity contribution in [2.45, 2.75) is 27.7 Å². The molecule has 2 rings (SSSR count). The van der Waals surface area contributed by atoms with Crippen LogP contribution in [-0.4, -0.2) is 9.52 Å². The summed E-state index contributed by atoms with van der Waals surface area (Å²) in [6, 6.07) is 6.62. The minimum absolute atomic E-state index is 0.411. The third-order valence-electron chi connectivity index (χ3n) is 2.99. The molecule has 0 aliphatic heterocycles. The molecule has 0 aromatic heterocycles. The van der Waals surface area contributed by atoms with Gasteiger partial charge in [0.05, 0.1) is 0 Å². The molecule has 0 saturated heterocycles. The topological polar surface area (TPSA) is 0 Å². The summed E-state index contributed by atoms with van der Waals surface area (Å²) in [5.41, 5.74) is 3.29. The third-order valence-corrected chi connectivity index (χ3v) is 4.86. The van der Waals surface area contributed by atoms with Gasteiger partial charge in [0.1, 0.15) is 9.52 Å². The van der Waals surface area contributed by atoms with Crippen LogP contribution in [0.25, 0.3) is 0 Å². The molecule has 0 unspecified atom stereocenters. The molecule has 72 valence electrons. The Morgan fingerprint density at radius 2 is 1.79 bits per heavy atom. The summed E-state index contributed by atoms with van der Waals surface area (Å²) in [5, 5.41) is 3.13. The van der Waals surface area contributed by atoms with E-state index in [1.54, 1.807) is 5.20 Å². The van der Waals surface area contributed by atoms with Gasteiger partial charge in [-0.25, -0.2) is 0 Å². The molecule has 0 nitrogen and oxygen atoms in total. The summed E-state index contributed by atoms with van der Waals surface area (Å²) in [5.74, 6) is 0. The maximum atomic E-state index is 2.38. The Labute approximate surface area is 88.9 Å². The second-order valence-electron chi connectivity index (χ2n) is 4.65. The van der Waals surface area contributed by atoms with E-state index >= 15 is 0 Å². The Balaban J connectivity index is 2.19. The highest BCUT2D eigenvalue weighted by Gasteiger charge is 2.33. The molecule has 0 spiro atoms. The summed E-state index contributed by atoms with van der Waals surface area (Å²) < 4.78 is 0. The lowest BCUT2D eigenvalue weighted by atomic mass is 10.1. The molecule has 1 aromatic carbocycles. The summed E-state index contributed by atoms with van der Waals surface area (Å²) in [6.45, 7) is 9.00. The van der Waals surface area contributed by atoms with E-state index in [-0.39, 0.29) is 0 Å². The summed E-state index contributed by atoms with van der Waals surface area (Å²) >= 11 is 0. The smallest absolute Gasteiger partial charge is 0.0791 e. The number of benzene rings is 1. The van der Waals surface area contributed by atoms with Crippen molar-refractivity contribution in [3.05, 3.63) is 40.6 Å². The van der Waals surface area contributed by atoms with Gasteiger partial charge in [-0.05, 0) is 30.4 Å². The Hall–Kier alpha value is -0.823. The highest BCUT2D eigenvalue weighted by Crippen LogP contribution is 2.41. The molecule has 1 aliphatic carbocycles. The SMILES string of the molecule is Cc1cccc([Si]C2=CC2(C)C)c1C. The van der Waals surface area contributed by atoms with E-state index in [1.807, 2.05) is 0 Å². The maximum absolute atomic E-state index is 2.38. The van der Waals surface area contributed by atoms with Crippen LogP contribution in [0.3, 0.4) is 0 Å². The molecule has 1 aromatic rings. The number of allylic oxidation sites excluding steroid dienone is 2. The lowest BCUT2D eigenvalue weighted by Crippen LogP contribution is -2.19. The highest BCUT2D eigenvalue weighted by atomic mass is 28.2. The first kappa shape index (κ1) is 9.72. The van der Waals surface area contributed by atoms with E-state index < -0.39 is 0 Å². The van der Waals surface area contributed by atoms with E-state index in [4.69, 9.17) is 0 Å². The molecule has 1 heteroatoms. The van der Waals surface area contributed by atoms with Crippen molar-refractivity contribution >= 4 is 14.7 Å². The molecule has 0 saturated carbocycles. The van der Waals surface area contributed by atoms with E-state index in [9.17, 15) is 0 Å². The van der Waals surface area contributed by atoms with Gasteiger partial charge in [-0.3, -0.25) is 0 Å². The van der Waals surface area contributed by atoms with Crippen molar-refractivity contribution in [3.63, 3.8) is 0 Å². The zero-order valence-electron chi connectivity index (χ0n) is 9.31. The summed E-state index contributed by atoms with van der Waals surface area (Å²) in [4.78, 5) is 0. The quantitative estimate of drug-likeness (QED) is 0.644. The fraction of sp³-hybridized carbons (Fsp3) is 0.385. The van der Waals surface area contributed by atoms with Crippen molar-refractivity contribution in [1.29, 1.82) is 0 Å². The third kappa shape index (κ3) is 1.69. The van der Waals surface area contributed by atoms with Gasteiger partial charge in [0.2, 0.25) is 0 Å². The molecular weight excluding hydrogens is 184 g/mol. The predicted molar refractivity (Wildman–Crippen MR) is 63.2 cm³/mol. The predicted octanol–water partition coefficient (Wildman–Crippen LogP) is 2.56. The van der Waals surface area contributed by atoms with E-state index in [2.05, 4.69) is 52.0 Å². The van der Waals surface area contributed by atoms with Crippen molar-refractivity contribution in [3.8, 4) is 0 Å². The molecule has 2 radical (unpaired) electrons. The van der Waals surface area contributed by atoms with Gasteiger partial charge in [0, 0.05) is 0 Å². The fourth-order valence-electron chi connectivity index (χ4n) is 1.55. The van der Waals surface area contributed by atoms with Crippen molar-refractivity contribution in [1.82, 2.24) is 0 Å². The Bertz CT molecular complexity index is 400. The minimum Gasteiger partial charge on any atom is -0.0791 e. The van der Waals surface area contributed by atoms with Gasteiger partial charge < -0.3 is 0 Å². The number of aryl methyl sites for hydroxylation is 1. The molecule has 1 aliphatic rings. The molecule has 0 bridgehead atoms. The molecule has 14 heavy (non-hydrogen) atoms. The lowest BCUT2D eigenvalue weighted by Gasteiger charge is -2.08. The minimum atomic E-state index is 0.411. The summed E-state index contributed by atoms with van der Waals surface area (Å²) in [6.07, 6.45) is 2.38. The van der Waals surface area contributed by atoms with E-state index in [0.29, 0.717) is 5.41 Å². The zero-order valence-corrected chi connectivity index (χ0v) is 10.3. The molecule has 0 fully saturated rings. The second kappa shape index (κ2) is 3.09. The van der Waals surface area contributed by atoms with Gasteiger partial charge >= 0.3 is 0 Å². The van der Waals surface area contributed by atoms with Crippen LogP contribution < -0.4 is 5.19 Å². The Morgan fingerprint density at radius 1 is 1.14 bits per heavy atom. The first-order chi connectivity index (χ1) is 6.50. The lowest BCUT2D eigenvalue weighted by molar-refractivity contribution is 0.722. The normalized spacial score (nSPS) is 17.9. The van der Waals surface area contributed by atoms with Gasteiger partial charge in [-0.2, -0.15) is 0 Å². The van der Waals surface area contributed by atoms with Crippen LogP contribution in [0.4, 0.5) is 0 Å². The van der Waals surface area contributed by atoms with E-state index in [0.717, 1.165) is 9.52 Å². The molecule has 0 N–H and O–H groups in total. The Kier molecular flexibility index (Phi) is 2.15. The first-order valence-electron chi connectivity index (χ1n) is 5.07. The average Bonchev–Trinajstić information content (AvgIpc) is 2.68. The number of hydrogen-bond donors (Lipinski definition) is 0. The van der Waals surface area contributed by atoms with Crippen LogP contribution in [0.15, 0.2) is 29.5 Å². The number of rotatable bonds is 2. The fourth-order valence-corrected chi connectivity index (χ4v) is 3.16. The van der Waals surface area contributed by atoms with Crippen LogP contribution in [0.2, 0.25) is 0 Å². The van der Waals surface area contributed by atoms with Gasteiger partial charge in [-0.1, -0.05) is 48.5 Å². The van der Waals surface area contributed by atoms with Gasteiger partial charge in [0.25, 0.3) is 0 Å². The van der Waals surface area contributed by atoms with Crippen LogP contribution in [0, 0.1) is 19.3 Å². The van der Waals surface area contributed by atoms with Crippen LogP contribution in [0.5, 0.6) is 0 Å². The number of hydrogen-bond acceptors (Lipinski definition) is 0. The van der Waals surface area contributed by atoms with Gasteiger partial charge in [-0.15, -0.1) is 0 Å². The second-order valence-corrected chi connectivity index (χ2v) is 5.98. The van der Waals surface area contributed by atoms with E-state index in [1.165, 1.54) is 16.3 Å². The highest BCUT2D eigenvalue weighted by molar-refractivity contribution is 6.63. The monoisotopic (exact) mass is 200 g/mol. The van der Waals surface area contributed by atoms with Crippen LogP contribution in [0.1, 0.15) is 25.0 Å². The maximum Gasteiger partial charge on any atom is 0.116 e. The first-order valence-corrected chi connectivity index (χ1v) is 6.07. The zero-order chi connectivity index (χ0) is 10.3. The molecular formula is C13H16Si. The van der Waals surface area contributed by atoms with Crippen molar-refractivity contribution < 1.29 is 0 Å². The van der Waals surface area contributed by atoms with Crippen LogP contribution in [-0.2, 0) is 0 Å². The Morgan fingerprint density at radius 3 is 2.36 bits per heavy atom. The standard InChI is InChI=1S/C13H16Si/c1-9-6-5-7-11(10(9)2)14-12-8-13(12,3)4/h5-8H,1-4H3.